The molecule has 3 aromatic carbocycles. The first kappa shape index (κ1) is 31.2. The molecular weight excluding hydrogens is 594 g/mol. The summed E-state index contributed by atoms with van der Waals surface area (Å²) in [6.45, 7) is 8.68. The molecule has 214 valence electrons. The molecular formula is C30H36BrN3O5S. The number of anilines is 1. The predicted molar refractivity (Wildman–Crippen MR) is 161 cm³/mol. The summed E-state index contributed by atoms with van der Waals surface area (Å²) in [5.41, 5.74) is 1.49. The van der Waals surface area contributed by atoms with E-state index in [0.717, 1.165) is 19.9 Å². The van der Waals surface area contributed by atoms with Crippen LogP contribution in [0.15, 0.2) is 82.2 Å². The average Bonchev–Trinajstić information content (AvgIpc) is 2.90. The van der Waals surface area contributed by atoms with Crippen molar-refractivity contribution in [1.82, 2.24) is 10.2 Å². The van der Waals surface area contributed by atoms with Gasteiger partial charge in [0.05, 0.1) is 17.7 Å². The van der Waals surface area contributed by atoms with Gasteiger partial charge in [0, 0.05) is 16.6 Å². The maximum Gasteiger partial charge on any atom is 0.264 e. The lowest BCUT2D eigenvalue weighted by atomic mass is 10.1. The van der Waals surface area contributed by atoms with E-state index in [4.69, 9.17) is 4.74 Å². The minimum absolute atomic E-state index is 0.0639. The summed E-state index contributed by atoms with van der Waals surface area (Å²) in [5.74, 6) is -0.206. The number of benzene rings is 3. The molecule has 0 unspecified atom stereocenters. The highest BCUT2D eigenvalue weighted by molar-refractivity contribution is 9.10. The second kappa shape index (κ2) is 12.9. The van der Waals surface area contributed by atoms with E-state index in [9.17, 15) is 18.0 Å². The van der Waals surface area contributed by atoms with Gasteiger partial charge < -0.3 is 15.0 Å². The van der Waals surface area contributed by atoms with E-state index in [1.54, 1.807) is 62.6 Å². The van der Waals surface area contributed by atoms with Crippen LogP contribution in [-0.4, -0.2) is 50.4 Å². The van der Waals surface area contributed by atoms with Gasteiger partial charge in [-0.2, -0.15) is 0 Å². The summed E-state index contributed by atoms with van der Waals surface area (Å²) in [6.07, 6.45) is 0. The van der Waals surface area contributed by atoms with Crippen LogP contribution in [0.3, 0.4) is 0 Å². The highest BCUT2D eigenvalue weighted by atomic mass is 79.9. The smallest absolute Gasteiger partial charge is 0.264 e. The monoisotopic (exact) mass is 629 g/mol. The number of rotatable bonds is 10. The number of amides is 2. The standard InChI is InChI=1S/C30H36BrN3O5S/c1-21-7-17-27(18-8-21)40(37,38)34(25-13-11-24(31)12-14-25)20-28(35)33(22(2)29(36)32-30(3,4)5)19-23-9-15-26(39-6)16-10-23/h7-18,22H,19-20H2,1-6H3,(H,32,36)/t22-/m0/s1. The number of nitrogens with one attached hydrogen (secondary N) is 1. The molecule has 3 aromatic rings. The van der Waals surface area contributed by atoms with Crippen LogP contribution in [0.25, 0.3) is 0 Å². The molecule has 0 aliphatic heterocycles. The van der Waals surface area contributed by atoms with Crippen LogP contribution in [0.2, 0.25) is 0 Å². The van der Waals surface area contributed by atoms with Crippen LogP contribution < -0.4 is 14.4 Å². The molecule has 40 heavy (non-hydrogen) atoms. The van der Waals surface area contributed by atoms with Gasteiger partial charge in [0.25, 0.3) is 10.0 Å². The number of carbonyl (C=O) groups excluding carboxylic acids is 2. The maximum atomic E-state index is 14.0. The Morgan fingerprint density at radius 1 is 0.950 bits per heavy atom. The zero-order valence-electron chi connectivity index (χ0n) is 23.6. The lowest BCUT2D eigenvalue weighted by Crippen LogP contribution is -2.54. The Balaban J connectivity index is 2.02. The summed E-state index contributed by atoms with van der Waals surface area (Å²) in [7, 11) is -2.55. The van der Waals surface area contributed by atoms with Crippen molar-refractivity contribution in [2.45, 2.75) is 57.6 Å². The van der Waals surface area contributed by atoms with Crippen molar-refractivity contribution in [2.75, 3.05) is 18.0 Å². The Bertz CT molecular complexity index is 1420. The van der Waals surface area contributed by atoms with Gasteiger partial charge in [-0.25, -0.2) is 8.42 Å². The third-order valence-corrected chi connectivity index (χ3v) is 8.50. The molecule has 1 N–H and O–H groups in total. The molecule has 3 rings (SSSR count). The minimum atomic E-state index is -4.12. The first-order chi connectivity index (χ1) is 18.7. The van der Waals surface area contributed by atoms with Crippen LogP contribution >= 0.6 is 15.9 Å². The van der Waals surface area contributed by atoms with E-state index < -0.39 is 34.1 Å². The summed E-state index contributed by atoms with van der Waals surface area (Å²) < 4.78 is 34.8. The molecule has 0 saturated heterocycles. The molecule has 0 aliphatic carbocycles. The van der Waals surface area contributed by atoms with Crippen LogP contribution in [0.4, 0.5) is 5.69 Å². The van der Waals surface area contributed by atoms with Crippen LogP contribution in [0.1, 0.15) is 38.8 Å². The van der Waals surface area contributed by atoms with Gasteiger partial charge in [-0.15, -0.1) is 0 Å². The van der Waals surface area contributed by atoms with E-state index >= 15 is 0 Å². The molecule has 0 spiro atoms. The van der Waals surface area contributed by atoms with Gasteiger partial charge in [0.15, 0.2) is 0 Å². The number of hydrogen-bond donors (Lipinski definition) is 1. The molecule has 0 aromatic heterocycles. The summed E-state index contributed by atoms with van der Waals surface area (Å²) in [6, 6.07) is 19.4. The number of ether oxygens (including phenoxy) is 1. The molecule has 0 bridgehead atoms. The zero-order chi connectivity index (χ0) is 29.7. The molecule has 0 radical (unpaired) electrons. The van der Waals surface area contributed by atoms with Gasteiger partial charge in [-0.3, -0.25) is 13.9 Å². The molecule has 1 atom stereocenters. The SMILES string of the molecule is COc1ccc(CN(C(=O)CN(c2ccc(Br)cc2)S(=O)(=O)c2ccc(C)cc2)[C@@H](C)C(=O)NC(C)(C)C)cc1. The van der Waals surface area contributed by atoms with Gasteiger partial charge >= 0.3 is 0 Å². The van der Waals surface area contributed by atoms with Crippen molar-refractivity contribution in [1.29, 1.82) is 0 Å². The molecule has 10 heteroatoms. The van der Waals surface area contributed by atoms with Crippen LogP contribution in [-0.2, 0) is 26.2 Å². The number of carbonyl (C=O) groups is 2. The Hall–Kier alpha value is -3.37. The fourth-order valence-corrected chi connectivity index (χ4v) is 5.64. The van der Waals surface area contributed by atoms with Crippen LogP contribution in [0, 0.1) is 6.92 Å². The summed E-state index contributed by atoms with van der Waals surface area (Å²) >= 11 is 3.38. The first-order valence-electron chi connectivity index (χ1n) is 12.8. The van der Waals surface area contributed by atoms with Gasteiger partial charge in [-0.1, -0.05) is 45.8 Å². The van der Waals surface area contributed by atoms with Crippen molar-refractivity contribution in [2.24, 2.45) is 0 Å². The fourth-order valence-electron chi connectivity index (χ4n) is 3.96. The fraction of sp³-hybridized carbons (Fsp3) is 0.333. The number of halogens is 1. The molecule has 0 heterocycles. The largest absolute Gasteiger partial charge is 0.497 e. The summed E-state index contributed by atoms with van der Waals surface area (Å²) in [4.78, 5) is 28.6. The third kappa shape index (κ3) is 8.08. The molecule has 0 fully saturated rings. The lowest BCUT2D eigenvalue weighted by molar-refractivity contribution is -0.140. The quantitative estimate of drug-likeness (QED) is 0.329. The Kier molecular flexibility index (Phi) is 10.0. The van der Waals surface area contributed by atoms with E-state index in [1.165, 1.54) is 17.0 Å². The van der Waals surface area contributed by atoms with E-state index in [0.29, 0.717) is 11.4 Å². The maximum absolute atomic E-state index is 14.0. The molecule has 2 amide bonds. The normalized spacial score (nSPS) is 12.4. The average molecular weight is 631 g/mol. The van der Waals surface area contributed by atoms with Gasteiger partial charge in [0.2, 0.25) is 11.8 Å². The number of sulfonamides is 1. The van der Waals surface area contributed by atoms with Crippen molar-refractivity contribution in [3.63, 3.8) is 0 Å². The van der Waals surface area contributed by atoms with Crippen molar-refractivity contribution >= 4 is 43.5 Å². The van der Waals surface area contributed by atoms with E-state index in [2.05, 4.69) is 21.2 Å². The highest BCUT2D eigenvalue weighted by Crippen LogP contribution is 2.26. The predicted octanol–water partition coefficient (Wildman–Crippen LogP) is 5.29. The first-order valence-corrected chi connectivity index (χ1v) is 15.0. The number of hydrogen-bond acceptors (Lipinski definition) is 5. The topological polar surface area (TPSA) is 96.0 Å². The molecule has 0 aliphatic rings. The minimum Gasteiger partial charge on any atom is -0.497 e. The number of aryl methyl sites for hydroxylation is 1. The zero-order valence-corrected chi connectivity index (χ0v) is 26.0. The van der Waals surface area contributed by atoms with Crippen molar-refractivity contribution in [3.05, 3.63) is 88.4 Å². The Morgan fingerprint density at radius 3 is 2.05 bits per heavy atom. The number of nitrogens with zero attached hydrogens (tertiary/aromatic N) is 2. The molecule has 8 nitrogen and oxygen atoms in total. The second-order valence-electron chi connectivity index (χ2n) is 10.6. The van der Waals surface area contributed by atoms with E-state index in [1.807, 2.05) is 39.8 Å². The van der Waals surface area contributed by atoms with Crippen LogP contribution in [0.5, 0.6) is 5.75 Å². The summed E-state index contributed by atoms with van der Waals surface area (Å²) in [5, 5.41) is 2.92. The highest BCUT2D eigenvalue weighted by Gasteiger charge is 2.33. The lowest BCUT2D eigenvalue weighted by Gasteiger charge is -2.33. The van der Waals surface area contributed by atoms with E-state index in [-0.39, 0.29) is 17.3 Å². The Labute approximate surface area is 245 Å². The van der Waals surface area contributed by atoms with Gasteiger partial charge in [0.1, 0.15) is 18.3 Å². The van der Waals surface area contributed by atoms with Crippen molar-refractivity contribution in [3.8, 4) is 5.75 Å². The number of methoxy groups -OCH3 is 1. The third-order valence-electron chi connectivity index (χ3n) is 6.18. The second-order valence-corrected chi connectivity index (χ2v) is 13.4. The van der Waals surface area contributed by atoms with Crippen molar-refractivity contribution < 1.29 is 22.7 Å². The Morgan fingerprint density at radius 2 is 1.52 bits per heavy atom. The molecule has 0 saturated carbocycles. The van der Waals surface area contributed by atoms with Gasteiger partial charge in [-0.05, 0) is 88.7 Å².